The van der Waals surface area contributed by atoms with Crippen LogP contribution in [0, 0.1) is 0 Å². The number of amides is 1. The Morgan fingerprint density at radius 1 is 1.62 bits per heavy atom. The van der Waals surface area contributed by atoms with Gasteiger partial charge >= 0.3 is 6.09 Å². The molecule has 0 aliphatic carbocycles. The van der Waals surface area contributed by atoms with Gasteiger partial charge in [-0.3, -0.25) is 4.90 Å². The topological polar surface area (TPSA) is 49.8 Å². The molecule has 2 aliphatic rings. The molecule has 0 aromatic carbocycles. The quantitative estimate of drug-likeness (QED) is 0.691. The van der Waals surface area contributed by atoms with Crippen LogP contribution in [0.15, 0.2) is 12.2 Å². The SMILES string of the molecule is CC(C)(C)OC(=O)N1[C@H]2C=C[C@]1(CO)CC2. The van der Waals surface area contributed by atoms with Gasteiger partial charge in [-0.2, -0.15) is 0 Å². The average Bonchev–Trinajstić information content (AvgIpc) is 2.70. The van der Waals surface area contributed by atoms with Gasteiger partial charge in [0, 0.05) is 0 Å². The molecule has 2 rings (SSSR count). The lowest BCUT2D eigenvalue weighted by molar-refractivity contribution is 0.00423. The Bertz CT molecular complexity index is 332. The van der Waals surface area contributed by atoms with Gasteiger partial charge in [0.2, 0.25) is 0 Å². The number of fused-ring (bicyclic) bond motifs is 2. The van der Waals surface area contributed by atoms with Gasteiger partial charge in [0.1, 0.15) is 5.60 Å². The summed E-state index contributed by atoms with van der Waals surface area (Å²) in [4.78, 5) is 13.7. The smallest absolute Gasteiger partial charge is 0.411 e. The van der Waals surface area contributed by atoms with Crippen molar-refractivity contribution in [3.05, 3.63) is 12.2 Å². The van der Waals surface area contributed by atoms with E-state index >= 15 is 0 Å². The summed E-state index contributed by atoms with van der Waals surface area (Å²) < 4.78 is 5.37. The molecule has 0 aromatic rings. The number of rotatable bonds is 1. The fourth-order valence-corrected chi connectivity index (χ4v) is 2.45. The molecule has 1 saturated heterocycles. The van der Waals surface area contributed by atoms with Crippen LogP contribution in [0.4, 0.5) is 4.79 Å². The van der Waals surface area contributed by atoms with E-state index in [4.69, 9.17) is 4.74 Å². The minimum absolute atomic E-state index is 0.0285. The summed E-state index contributed by atoms with van der Waals surface area (Å²) in [5, 5.41) is 9.46. The number of carbonyl (C=O) groups is 1. The minimum Gasteiger partial charge on any atom is -0.444 e. The van der Waals surface area contributed by atoms with Crippen molar-refractivity contribution < 1.29 is 14.6 Å². The van der Waals surface area contributed by atoms with Gasteiger partial charge in [-0.15, -0.1) is 0 Å². The van der Waals surface area contributed by atoms with Crippen LogP contribution in [0.1, 0.15) is 33.6 Å². The normalized spacial score (nSPS) is 32.2. The van der Waals surface area contributed by atoms with E-state index < -0.39 is 11.1 Å². The van der Waals surface area contributed by atoms with Crippen molar-refractivity contribution in [2.45, 2.75) is 50.8 Å². The van der Waals surface area contributed by atoms with Crippen molar-refractivity contribution in [2.75, 3.05) is 6.61 Å². The predicted octanol–water partition coefficient (Wildman–Crippen LogP) is 1.69. The molecular weight excluding hydrogens is 206 g/mol. The highest BCUT2D eigenvalue weighted by atomic mass is 16.6. The van der Waals surface area contributed by atoms with Crippen LogP contribution in [0.2, 0.25) is 0 Å². The number of aliphatic hydroxyl groups is 1. The number of ether oxygens (including phenoxy) is 1. The molecule has 0 unspecified atom stereocenters. The summed E-state index contributed by atoms with van der Waals surface area (Å²) >= 11 is 0. The van der Waals surface area contributed by atoms with E-state index in [1.807, 2.05) is 32.9 Å². The lowest BCUT2D eigenvalue weighted by Crippen LogP contribution is -2.49. The maximum Gasteiger partial charge on any atom is 0.411 e. The first-order chi connectivity index (χ1) is 7.38. The van der Waals surface area contributed by atoms with Crippen LogP contribution >= 0.6 is 0 Å². The largest absolute Gasteiger partial charge is 0.444 e. The number of hydrogen-bond acceptors (Lipinski definition) is 3. The number of hydrogen-bond donors (Lipinski definition) is 1. The first kappa shape index (κ1) is 11.5. The molecular formula is C12H19NO3. The summed E-state index contributed by atoms with van der Waals surface area (Å²) in [6.07, 6.45) is 5.34. The van der Waals surface area contributed by atoms with Crippen molar-refractivity contribution in [3.63, 3.8) is 0 Å². The summed E-state index contributed by atoms with van der Waals surface area (Å²) in [5.41, 5.74) is -0.997. The second-order valence-corrected chi connectivity index (χ2v) is 5.58. The molecule has 2 heterocycles. The van der Waals surface area contributed by atoms with Gasteiger partial charge in [-0.25, -0.2) is 4.79 Å². The van der Waals surface area contributed by atoms with Crippen LogP contribution < -0.4 is 0 Å². The average molecular weight is 225 g/mol. The summed E-state index contributed by atoms with van der Waals surface area (Å²) in [6, 6.07) is 0.0991. The van der Waals surface area contributed by atoms with E-state index in [2.05, 4.69) is 0 Å². The molecule has 1 N–H and O–H groups in total. The van der Waals surface area contributed by atoms with Gasteiger partial charge in [0.05, 0.1) is 18.2 Å². The summed E-state index contributed by atoms with van der Waals surface area (Å²) in [6.45, 7) is 5.52. The molecule has 2 aliphatic heterocycles. The highest BCUT2D eigenvalue weighted by molar-refractivity contribution is 5.72. The lowest BCUT2D eigenvalue weighted by atomic mass is 9.95. The van der Waals surface area contributed by atoms with Crippen molar-refractivity contribution in [1.82, 2.24) is 4.90 Å². The van der Waals surface area contributed by atoms with E-state index in [9.17, 15) is 9.90 Å². The van der Waals surface area contributed by atoms with Crippen molar-refractivity contribution in [1.29, 1.82) is 0 Å². The molecule has 0 radical (unpaired) electrons. The highest BCUT2D eigenvalue weighted by Crippen LogP contribution is 2.41. The van der Waals surface area contributed by atoms with Gasteiger partial charge in [0.25, 0.3) is 0 Å². The number of carbonyl (C=O) groups excluding carboxylic acids is 1. The maximum absolute atomic E-state index is 12.0. The maximum atomic E-state index is 12.0. The fraction of sp³-hybridized carbons (Fsp3) is 0.750. The zero-order valence-corrected chi connectivity index (χ0v) is 10.1. The molecule has 4 heteroatoms. The summed E-state index contributed by atoms with van der Waals surface area (Å²) in [7, 11) is 0. The Kier molecular flexibility index (Phi) is 2.49. The molecule has 90 valence electrons. The van der Waals surface area contributed by atoms with E-state index in [1.165, 1.54) is 0 Å². The molecule has 4 nitrogen and oxygen atoms in total. The van der Waals surface area contributed by atoms with E-state index in [-0.39, 0.29) is 18.7 Å². The third kappa shape index (κ3) is 1.71. The van der Waals surface area contributed by atoms with E-state index in [0.717, 1.165) is 12.8 Å². The monoisotopic (exact) mass is 225 g/mol. The Hall–Kier alpha value is -1.03. The molecule has 16 heavy (non-hydrogen) atoms. The zero-order valence-electron chi connectivity index (χ0n) is 10.1. The molecule has 0 saturated carbocycles. The molecule has 1 amide bonds. The van der Waals surface area contributed by atoms with Crippen molar-refractivity contribution in [3.8, 4) is 0 Å². The number of nitrogens with zero attached hydrogens (tertiary/aromatic N) is 1. The second-order valence-electron chi connectivity index (χ2n) is 5.58. The third-order valence-corrected chi connectivity index (χ3v) is 3.18. The van der Waals surface area contributed by atoms with E-state index in [1.54, 1.807) is 4.90 Å². The lowest BCUT2D eigenvalue weighted by Gasteiger charge is -2.34. The third-order valence-electron chi connectivity index (χ3n) is 3.18. The van der Waals surface area contributed by atoms with Crippen LogP contribution in [0.5, 0.6) is 0 Å². The van der Waals surface area contributed by atoms with Gasteiger partial charge in [-0.1, -0.05) is 12.2 Å². The van der Waals surface area contributed by atoms with Gasteiger partial charge in [-0.05, 0) is 33.6 Å². The molecule has 2 atom stereocenters. The van der Waals surface area contributed by atoms with Crippen molar-refractivity contribution in [2.24, 2.45) is 0 Å². The first-order valence-electron chi connectivity index (χ1n) is 5.70. The zero-order chi connectivity index (χ0) is 12.0. The Morgan fingerprint density at radius 3 is 2.75 bits per heavy atom. The fourth-order valence-electron chi connectivity index (χ4n) is 2.45. The number of aliphatic hydroxyl groups excluding tert-OH is 1. The Labute approximate surface area is 95.9 Å². The highest BCUT2D eigenvalue weighted by Gasteiger charge is 2.51. The van der Waals surface area contributed by atoms with Crippen molar-refractivity contribution >= 4 is 6.09 Å². The first-order valence-corrected chi connectivity index (χ1v) is 5.70. The molecule has 2 bridgehead atoms. The molecule has 0 spiro atoms. The van der Waals surface area contributed by atoms with Gasteiger partial charge in [0.15, 0.2) is 0 Å². The van der Waals surface area contributed by atoms with Crippen LogP contribution in [-0.4, -0.2) is 39.9 Å². The van der Waals surface area contributed by atoms with Crippen LogP contribution in [-0.2, 0) is 4.74 Å². The predicted molar refractivity (Wildman–Crippen MR) is 60.1 cm³/mol. The van der Waals surface area contributed by atoms with Gasteiger partial charge < -0.3 is 9.84 Å². The Balaban J connectivity index is 2.14. The molecule has 1 fully saturated rings. The summed E-state index contributed by atoms with van der Waals surface area (Å²) in [5.74, 6) is 0. The van der Waals surface area contributed by atoms with Crippen LogP contribution in [0.25, 0.3) is 0 Å². The minimum atomic E-state index is -0.507. The van der Waals surface area contributed by atoms with E-state index in [0.29, 0.717) is 0 Å². The Morgan fingerprint density at radius 2 is 2.31 bits per heavy atom. The van der Waals surface area contributed by atoms with Crippen LogP contribution in [0.3, 0.4) is 0 Å². The second kappa shape index (κ2) is 3.48. The molecule has 0 aromatic heterocycles. The standard InChI is InChI=1S/C12H19NO3/c1-11(2,3)16-10(15)13-9-4-6-12(13,8-14)7-5-9/h4,6,9,14H,5,7-8H2,1-3H3/t9-,12+/m0/s1.